The number of aromatic nitrogens is 4. The Morgan fingerprint density at radius 1 is 1.28 bits per heavy atom. The van der Waals surface area contributed by atoms with Crippen LogP contribution in [-0.2, 0) is 6.54 Å². The third-order valence-electron chi connectivity index (χ3n) is 4.19. The molecule has 3 heterocycles. The lowest BCUT2D eigenvalue weighted by Gasteiger charge is -2.12. The maximum Gasteiger partial charge on any atom is 0.270 e. The van der Waals surface area contributed by atoms with Crippen LogP contribution < -0.4 is 0 Å². The molecule has 4 aromatic rings. The molecule has 29 heavy (non-hydrogen) atoms. The fourth-order valence-corrected chi connectivity index (χ4v) is 5.60. The van der Waals surface area contributed by atoms with E-state index in [1.54, 1.807) is 23.5 Å². The number of thiophene rings is 1. The minimum absolute atomic E-state index is 0.0736. The number of thiazole rings is 1. The van der Waals surface area contributed by atoms with Gasteiger partial charge in [0, 0.05) is 18.7 Å². The van der Waals surface area contributed by atoms with Gasteiger partial charge < -0.3 is 9.47 Å². The first kappa shape index (κ1) is 20.0. The van der Waals surface area contributed by atoms with E-state index in [-0.39, 0.29) is 10.6 Å². The molecule has 0 saturated heterocycles. The smallest absolute Gasteiger partial charge is 0.270 e. The highest BCUT2D eigenvalue weighted by atomic mass is 32.2. The average Bonchev–Trinajstić information content (AvgIpc) is 3.40. The number of rotatable bonds is 8. The van der Waals surface area contributed by atoms with Crippen molar-refractivity contribution in [2.75, 3.05) is 20.6 Å². The summed E-state index contributed by atoms with van der Waals surface area (Å²) in [5.41, 5.74) is 0.824. The topological polar surface area (TPSA) is 90.0 Å². The molecular weight excluding hydrogens is 428 g/mol. The van der Waals surface area contributed by atoms with Gasteiger partial charge in [0.25, 0.3) is 5.69 Å². The number of nitrogens with zero attached hydrogens (tertiary/aromatic N) is 6. The van der Waals surface area contributed by atoms with E-state index in [9.17, 15) is 10.1 Å². The van der Waals surface area contributed by atoms with Crippen molar-refractivity contribution in [2.45, 2.75) is 22.5 Å². The molecule has 0 N–H and O–H groups in total. The summed E-state index contributed by atoms with van der Waals surface area (Å²) < 4.78 is 3.72. The molecule has 0 amide bonds. The summed E-state index contributed by atoms with van der Waals surface area (Å²) in [5, 5.41) is 22.6. The van der Waals surface area contributed by atoms with Crippen LogP contribution in [0.2, 0.25) is 0 Å². The van der Waals surface area contributed by atoms with Crippen LogP contribution in [0.5, 0.6) is 0 Å². The Morgan fingerprint density at radius 3 is 2.86 bits per heavy atom. The van der Waals surface area contributed by atoms with Gasteiger partial charge in [-0.2, -0.15) is 0 Å². The van der Waals surface area contributed by atoms with E-state index in [4.69, 9.17) is 0 Å². The highest BCUT2D eigenvalue weighted by Crippen LogP contribution is 2.36. The van der Waals surface area contributed by atoms with Crippen molar-refractivity contribution >= 4 is 50.3 Å². The molecule has 150 valence electrons. The molecule has 0 aliphatic rings. The molecule has 0 atom stereocenters. The lowest BCUT2D eigenvalue weighted by atomic mass is 10.3. The summed E-state index contributed by atoms with van der Waals surface area (Å²) in [5.74, 6) is 0.859. The van der Waals surface area contributed by atoms with E-state index in [1.165, 1.54) is 29.2 Å². The number of non-ortho nitro benzene ring substituents is 1. The highest BCUT2D eigenvalue weighted by Gasteiger charge is 2.18. The summed E-state index contributed by atoms with van der Waals surface area (Å²) in [6.45, 7) is 1.77. The second-order valence-electron chi connectivity index (χ2n) is 6.58. The number of hydrogen-bond donors (Lipinski definition) is 0. The molecule has 0 aliphatic heterocycles. The Kier molecular flexibility index (Phi) is 5.90. The zero-order valence-corrected chi connectivity index (χ0v) is 18.3. The third kappa shape index (κ3) is 4.47. The molecule has 11 heteroatoms. The van der Waals surface area contributed by atoms with E-state index in [0.29, 0.717) is 0 Å². The van der Waals surface area contributed by atoms with Gasteiger partial charge in [-0.15, -0.1) is 32.9 Å². The van der Waals surface area contributed by atoms with Crippen LogP contribution in [0.3, 0.4) is 0 Å². The van der Waals surface area contributed by atoms with Crippen LogP contribution in [0.15, 0.2) is 45.2 Å². The molecule has 0 spiro atoms. The molecule has 0 radical (unpaired) electrons. The van der Waals surface area contributed by atoms with E-state index < -0.39 is 0 Å². The standard InChI is InChI=1S/C18H18N6O2S3/c1-22(2)8-4-9-23-16(14-5-3-10-27-14)20-21-17(23)29-18-19-13-7-6-12(24(25)26)11-15(13)28-18/h3,5-7,10-11H,4,8-9H2,1-2H3. The predicted octanol–water partition coefficient (Wildman–Crippen LogP) is 4.63. The Hall–Kier alpha value is -2.34. The van der Waals surface area contributed by atoms with Crippen molar-refractivity contribution in [3.63, 3.8) is 0 Å². The van der Waals surface area contributed by atoms with E-state index in [0.717, 1.165) is 49.9 Å². The van der Waals surface area contributed by atoms with Crippen LogP contribution in [0.1, 0.15) is 6.42 Å². The van der Waals surface area contributed by atoms with Crippen LogP contribution in [0.25, 0.3) is 20.9 Å². The zero-order chi connectivity index (χ0) is 20.4. The maximum absolute atomic E-state index is 11.0. The van der Waals surface area contributed by atoms with Crippen LogP contribution in [0, 0.1) is 10.1 Å². The van der Waals surface area contributed by atoms with Gasteiger partial charge >= 0.3 is 0 Å². The Labute approximate surface area is 179 Å². The molecule has 1 aromatic carbocycles. The minimum atomic E-state index is -0.388. The first-order valence-electron chi connectivity index (χ1n) is 8.86. The number of fused-ring (bicyclic) bond motifs is 1. The van der Waals surface area contributed by atoms with Crippen molar-refractivity contribution in [2.24, 2.45) is 0 Å². The zero-order valence-electron chi connectivity index (χ0n) is 15.8. The lowest BCUT2D eigenvalue weighted by molar-refractivity contribution is -0.384. The van der Waals surface area contributed by atoms with Crippen molar-refractivity contribution in [3.8, 4) is 10.7 Å². The number of nitro groups is 1. The maximum atomic E-state index is 11.0. The number of nitro benzene ring substituents is 1. The lowest BCUT2D eigenvalue weighted by Crippen LogP contribution is -2.15. The van der Waals surface area contributed by atoms with E-state index in [2.05, 4.69) is 38.7 Å². The van der Waals surface area contributed by atoms with Crippen molar-refractivity contribution in [1.82, 2.24) is 24.6 Å². The monoisotopic (exact) mass is 446 g/mol. The van der Waals surface area contributed by atoms with Gasteiger partial charge in [0.2, 0.25) is 0 Å². The van der Waals surface area contributed by atoms with Gasteiger partial charge in [0.15, 0.2) is 15.3 Å². The predicted molar refractivity (Wildman–Crippen MR) is 117 cm³/mol. The fraction of sp³-hybridized carbons (Fsp3) is 0.278. The van der Waals surface area contributed by atoms with Gasteiger partial charge in [-0.1, -0.05) is 6.07 Å². The molecule has 0 fully saturated rings. The van der Waals surface area contributed by atoms with Gasteiger partial charge in [-0.3, -0.25) is 10.1 Å². The summed E-state index contributed by atoms with van der Waals surface area (Å²) in [6.07, 6.45) is 0.975. The fourth-order valence-electron chi connectivity index (χ4n) is 2.83. The molecule has 8 nitrogen and oxygen atoms in total. The summed E-state index contributed by atoms with van der Waals surface area (Å²) >= 11 is 4.52. The first-order valence-corrected chi connectivity index (χ1v) is 11.4. The van der Waals surface area contributed by atoms with Crippen LogP contribution in [0.4, 0.5) is 5.69 Å². The molecule has 0 aliphatic carbocycles. The molecule has 0 unspecified atom stereocenters. The Balaban J connectivity index is 1.63. The van der Waals surface area contributed by atoms with Gasteiger partial charge in [0.1, 0.15) is 0 Å². The van der Waals surface area contributed by atoms with Gasteiger partial charge in [0.05, 0.1) is 20.0 Å². The highest BCUT2D eigenvalue weighted by molar-refractivity contribution is 8.01. The first-order chi connectivity index (χ1) is 14.0. The number of benzene rings is 1. The number of hydrogen-bond acceptors (Lipinski definition) is 9. The molecular formula is C18H18N6O2S3. The average molecular weight is 447 g/mol. The SMILES string of the molecule is CN(C)CCCn1c(Sc2nc3ccc([N+](=O)[O-])cc3s2)nnc1-c1cccs1. The second kappa shape index (κ2) is 8.57. The van der Waals surface area contributed by atoms with Crippen molar-refractivity contribution in [1.29, 1.82) is 0 Å². The quantitative estimate of drug-likeness (QED) is 0.288. The Bertz CT molecular complexity index is 1140. The van der Waals surface area contributed by atoms with Crippen LogP contribution >= 0.6 is 34.4 Å². The summed E-state index contributed by atoms with van der Waals surface area (Å²) in [4.78, 5) is 18.5. The van der Waals surface area contributed by atoms with Crippen molar-refractivity contribution in [3.05, 3.63) is 45.8 Å². The van der Waals surface area contributed by atoms with Crippen LogP contribution in [-0.4, -0.2) is 50.2 Å². The van der Waals surface area contributed by atoms with Crippen molar-refractivity contribution < 1.29 is 4.92 Å². The molecule has 0 bridgehead atoms. The summed E-state index contributed by atoms with van der Waals surface area (Å²) in [7, 11) is 4.12. The molecule has 3 aromatic heterocycles. The molecule has 4 rings (SSSR count). The second-order valence-corrected chi connectivity index (χ2v) is 9.78. The third-order valence-corrected chi connectivity index (χ3v) is 7.12. The van der Waals surface area contributed by atoms with E-state index >= 15 is 0 Å². The largest absolute Gasteiger partial charge is 0.309 e. The van der Waals surface area contributed by atoms with E-state index in [1.807, 2.05) is 17.5 Å². The van der Waals surface area contributed by atoms with Gasteiger partial charge in [-0.25, -0.2) is 4.98 Å². The minimum Gasteiger partial charge on any atom is -0.309 e. The molecule has 0 saturated carbocycles. The van der Waals surface area contributed by atoms with Gasteiger partial charge in [-0.05, 0) is 56.3 Å². The summed E-state index contributed by atoms with van der Waals surface area (Å²) in [6, 6.07) is 8.78. The Morgan fingerprint density at radius 2 is 2.14 bits per heavy atom. The normalized spacial score (nSPS) is 11.6.